The predicted molar refractivity (Wildman–Crippen MR) is 98.0 cm³/mol. The fraction of sp³-hybridized carbons (Fsp3) is 0.167. The number of rotatable bonds is 4. The van der Waals surface area contributed by atoms with Crippen LogP contribution >= 0.6 is 23.2 Å². The van der Waals surface area contributed by atoms with Crippen molar-refractivity contribution in [2.45, 2.75) is 20.3 Å². The molecule has 5 nitrogen and oxygen atoms in total. The molecule has 2 aromatic carbocycles. The monoisotopic (exact) mass is 375 g/mol. The van der Waals surface area contributed by atoms with E-state index in [2.05, 4.69) is 15.5 Å². The first-order chi connectivity index (χ1) is 11.9. The molecule has 1 N–H and O–H groups in total. The van der Waals surface area contributed by atoms with E-state index >= 15 is 0 Å². The molecule has 0 fully saturated rings. The van der Waals surface area contributed by atoms with Crippen LogP contribution in [-0.2, 0) is 11.2 Å². The van der Waals surface area contributed by atoms with Gasteiger partial charge in [-0.15, -0.1) is 5.10 Å². The summed E-state index contributed by atoms with van der Waals surface area (Å²) in [6.45, 7) is 3.99. The van der Waals surface area contributed by atoms with Gasteiger partial charge in [0.05, 0.1) is 17.0 Å². The predicted octanol–water partition coefficient (Wildman–Crippen LogP) is 4.84. The molecule has 1 aromatic heterocycles. The number of hydrogen-bond donors (Lipinski definition) is 1. The first-order valence-corrected chi connectivity index (χ1v) is 8.33. The number of halogens is 2. The molecule has 0 aliphatic heterocycles. The van der Waals surface area contributed by atoms with E-state index in [1.165, 1.54) is 0 Å². The molecule has 0 aliphatic rings. The Hall–Kier alpha value is -2.37. The maximum absolute atomic E-state index is 12.2. The van der Waals surface area contributed by atoms with Gasteiger partial charge in [-0.1, -0.05) is 52.1 Å². The molecule has 0 spiro atoms. The van der Waals surface area contributed by atoms with E-state index in [-0.39, 0.29) is 24.2 Å². The molecule has 7 heteroatoms. The Bertz CT molecular complexity index is 938. The largest absolute Gasteiger partial charge is 0.403 e. The second kappa shape index (κ2) is 7.25. The van der Waals surface area contributed by atoms with Gasteiger partial charge in [0.1, 0.15) is 0 Å². The molecule has 128 valence electrons. The van der Waals surface area contributed by atoms with E-state index in [1.807, 2.05) is 32.0 Å². The number of nitrogens with one attached hydrogen (secondary N) is 1. The molecule has 0 aliphatic carbocycles. The second-order valence-electron chi connectivity index (χ2n) is 5.69. The van der Waals surface area contributed by atoms with Crippen LogP contribution in [0.25, 0.3) is 11.5 Å². The van der Waals surface area contributed by atoms with E-state index in [1.54, 1.807) is 18.2 Å². The zero-order chi connectivity index (χ0) is 18.0. The summed E-state index contributed by atoms with van der Waals surface area (Å²) in [5.41, 5.74) is 3.67. The minimum atomic E-state index is -0.237. The van der Waals surface area contributed by atoms with E-state index in [0.717, 1.165) is 16.7 Å². The Kier molecular flexibility index (Phi) is 5.06. The number of amides is 1. The third-order valence-electron chi connectivity index (χ3n) is 3.68. The first-order valence-electron chi connectivity index (χ1n) is 7.57. The van der Waals surface area contributed by atoms with Crippen LogP contribution < -0.4 is 5.32 Å². The van der Waals surface area contributed by atoms with Gasteiger partial charge in [0, 0.05) is 5.02 Å². The fourth-order valence-electron chi connectivity index (χ4n) is 2.42. The quantitative estimate of drug-likeness (QED) is 0.707. The van der Waals surface area contributed by atoms with Gasteiger partial charge in [-0.25, -0.2) is 0 Å². The number of aryl methyl sites for hydroxylation is 2. The summed E-state index contributed by atoms with van der Waals surface area (Å²) in [5.74, 6) is -0.0475. The fourth-order valence-corrected chi connectivity index (χ4v) is 2.80. The van der Waals surface area contributed by atoms with Crippen molar-refractivity contribution in [2.24, 2.45) is 0 Å². The average Bonchev–Trinajstić information content (AvgIpc) is 3.00. The van der Waals surface area contributed by atoms with Crippen molar-refractivity contribution >= 4 is 35.1 Å². The van der Waals surface area contributed by atoms with Crippen molar-refractivity contribution in [3.05, 3.63) is 63.1 Å². The highest BCUT2D eigenvalue weighted by Gasteiger charge is 2.15. The average molecular weight is 376 g/mol. The molecule has 0 saturated heterocycles. The second-order valence-corrected chi connectivity index (χ2v) is 6.54. The van der Waals surface area contributed by atoms with E-state index in [4.69, 9.17) is 27.6 Å². The van der Waals surface area contributed by atoms with Crippen molar-refractivity contribution in [3.8, 4) is 11.5 Å². The first kappa shape index (κ1) is 17.5. The molecule has 0 saturated carbocycles. The number of benzene rings is 2. The van der Waals surface area contributed by atoms with Crippen LogP contribution in [0, 0.1) is 13.8 Å². The summed E-state index contributed by atoms with van der Waals surface area (Å²) in [5, 5.41) is 11.3. The zero-order valence-electron chi connectivity index (χ0n) is 13.6. The van der Waals surface area contributed by atoms with Crippen molar-refractivity contribution in [1.29, 1.82) is 0 Å². The smallest absolute Gasteiger partial charge is 0.322 e. The number of carbonyl (C=O) groups is 1. The molecule has 3 rings (SSSR count). The lowest BCUT2D eigenvalue weighted by Crippen LogP contribution is -2.15. The minimum absolute atomic E-state index is 0.0146. The van der Waals surface area contributed by atoms with E-state index in [9.17, 15) is 4.79 Å². The maximum atomic E-state index is 12.2. The summed E-state index contributed by atoms with van der Waals surface area (Å²) in [7, 11) is 0. The van der Waals surface area contributed by atoms with Gasteiger partial charge in [-0.05, 0) is 43.2 Å². The highest BCUT2D eigenvalue weighted by Crippen LogP contribution is 2.30. The van der Waals surface area contributed by atoms with Crippen molar-refractivity contribution in [2.75, 3.05) is 5.32 Å². The number of nitrogens with zero attached hydrogens (tertiary/aromatic N) is 2. The molecular formula is C18H15Cl2N3O2. The SMILES string of the molecule is Cc1ccc(CC(=O)Nc2nnc(-c3cc(Cl)ccc3Cl)o2)c(C)c1. The molecule has 25 heavy (non-hydrogen) atoms. The van der Waals surface area contributed by atoms with Crippen LogP contribution in [0.4, 0.5) is 6.01 Å². The van der Waals surface area contributed by atoms with Gasteiger partial charge in [0.15, 0.2) is 0 Å². The number of anilines is 1. The highest BCUT2D eigenvalue weighted by atomic mass is 35.5. The Morgan fingerprint density at radius 3 is 2.68 bits per heavy atom. The molecule has 0 bridgehead atoms. The van der Waals surface area contributed by atoms with Crippen LogP contribution in [0.3, 0.4) is 0 Å². The third-order valence-corrected chi connectivity index (χ3v) is 4.24. The van der Waals surface area contributed by atoms with Crippen LogP contribution in [0.15, 0.2) is 40.8 Å². The molecule has 0 radical (unpaired) electrons. The van der Waals surface area contributed by atoms with E-state index in [0.29, 0.717) is 15.6 Å². The molecular weight excluding hydrogens is 361 g/mol. The van der Waals surface area contributed by atoms with Gasteiger partial charge in [0.2, 0.25) is 5.91 Å². The lowest BCUT2D eigenvalue weighted by molar-refractivity contribution is -0.115. The summed E-state index contributed by atoms with van der Waals surface area (Å²) in [4.78, 5) is 12.2. The Morgan fingerprint density at radius 2 is 1.92 bits per heavy atom. The Labute approximate surface area is 155 Å². The summed E-state index contributed by atoms with van der Waals surface area (Å²) in [6, 6.07) is 10.9. The number of hydrogen-bond acceptors (Lipinski definition) is 4. The number of carbonyl (C=O) groups excluding carboxylic acids is 1. The number of aromatic nitrogens is 2. The summed E-state index contributed by atoms with van der Waals surface area (Å²) in [6.07, 6.45) is 0.224. The minimum Gasteiger partial charge on any atom is -0.403 e. The molecule has 0 unspecified atom stereocenters. The highest BCUT2D eigenvalue weighted by molar-refractivity contribution is 6.35. The molecule has 3 aromatic rings. The third kappa shape index (κ3) is 4.18. The van der Waals surface area contributed by atoms with Crippen molar-refractivity contribution < 1.29 is 9.21 Å². The Morgan fingerprint density at radius 1 is 1.12 bits per heavy atom. The van der Waals surface area contributed by atoms with Gasteiger partial charge in [-0.2, -0.15) is 0 Å². The normalized spacial score (nSPS) is 10.7. The lowest BCUT2D eigenvalue weighted by atomic mass is 10.0. The zero-order valence-corrected chi connectivity index (χ0v) is 15.1. The van der Waals surface area contributed by atoms with Crippen molar-refractivity contribution in [1.82, 2.24) is 10.2 Å². The summed E-state index contributed by atoms with van der Waals surface area (Å²) < 4.78 is 5.47. The molecule has 1 amide bonds. The van der Waals surface area contributed by atoms with Gasteiger partial charge < -0.3 is 4.42 Å². The standard InChI is InChI=1S/C18H15Cl2N3O2/c1-10-3-4-12(11(2)7-10)8-16(24)21-18-23-22-17(25-18)14-9-13(19)5-6-15(14)20/h3-7,9H,8H2,1-2H3,(H,21,23,24). The van der Waals surface area contributed by atoms with Crippen molar-refractivity contribution in [3.63, 3.8) is 0 Å². The van der Waals surface area contributed by atoms with Crippen LogP contribution in [-0.4, -0.2) is 16.1 Å². The van der Waals surface area contributed by atoms with Gasteiger partial charge in [0.25, 0.3) is 5.89 Å². The molecule has 1 heterocycles. The lowest BCUT2D eigenvalue weighted by Gasteiger charge is -2.06. The summed E-state index contributed by atoms with van der Waals surface area (Å²) >= 11 is 12.1. The Balaban J connectivity index is 1.72. The van der Waals surface area contributed by atoms with Crippen LogP contribution in [0.1, 0.15) is 16.7 Å². The van der Waals surface area contributed by atoms with E-state index < -0.39 is 0 Å². The van der Waals surface area contributed by atoms with Gasteiger partial charge >= 0.3 is 6.01 Å². The maximum Gasteiger partial charge on any atom is 0.322 e. The van der Waals surface area contributed by atoms with Crippen LogP contribution in [0.5, 0.6) is 0 Å². The molecule has 0 atom stereocenters. The van der Waals surface area contributed by atoms with Crippen LogP contribution in [0.2, 0.25) is 10.0 Å². The van der Waals surface area contributed by atoms with Gasteiger partial charge in [-0.3, -0.25) is 10.1 Å². The topological polar surface area (TPSA) is 68.0 Å².